The lowest BCUT2D eigenvalue weighted by Gasteiger charge is -2.36. The first-order valence-electron chi connectivity index (χ1n) is 10.9. The number of benzene rings is 1. The summed E-state index contributed by atoms with van der Waals surface area (Å²) < 4.78 is 2.12. The van der Waals surface area contributed by atoms with E-state index in [1.54, 1.807) is 0 Å². The maximum Gasteiger partial charge on any atom is 0.237 e. The minimum atomic E-state index is 0.0402. The van der Waals surface area contributed by atoms with Gasteiger partial charge in [0.25, 0.3) is 0 Å². The smallest absolute Gasteiger partial charge is 0.237 e. The Morgan fingerprint density at radius 1 is 1.18 bits per heavy atom. The van der Waals surface area contributed by atoms with Crippen LogP contribution in [0.2, 0.25) is 0 Å². The average Bonchev–Trinajstić information content (AvgIpc) is 3.13. The van der Waals surface area contributed by atoms with Crippen LogP contribution < -0.4 is 5.32 Å². The fourth-order valence-electron chi connectivity index (χ4n) is 4.77. The molecule has 0 saturated carbocycles. The van der Waals surface area contributed by atoms with E-state index in [-0.39, 0.29) is 18.0 Å². The molecule has 1 saturated heterocycles. The number of hydrogen-bond donors (Lipinski definition) is 1. The molecule has 1 aliphatic heterocycles. The van der Waals surface area contributed by atoms with Gasteiger partial charge in [0.2, 0.25) is 5.91 Å². The molecule has 150 valence electrons. The molecule has 0 radical (unpaired) electrons. The minimum absolute atomic E-state index is 0.0402. The van der Waals surface area contributed by atoms with Crippen molar-refractivity contribution in [3.8, 4) is 0 Å². The molecule has 2 heterocycles. The molecule has 1 N–H and O–H groups in total. The van der Waals surface area contributed by atoms with Crippen LogP contribution in [0.25, 0.3) is 0 Å². The molecule has 1 aromatic carbocycles. The number of amides is 1. The molecule has 0 bridgehead atoms. The van der Waals surface area contributed by atoms with Crippen molar-refractivity contribution in [2.75, 3.05) is 13.1 Å². The van der Waals surface area contributed by atoms with E-state index in [0.717, 1.165) is 58.2 Å². The van der Waals surface area contributed by atoms with Crippen molar-refractivity contribution in [2.24, 2.45) is 0 Å². The van der Waals surface area contributed by atoms with Gasteiger partial charge in [-0.25, -0.2) is 0 Å². The van der Waals surface area contributed by atoms with Crippen molar-refractivity contribution >= 4 is 5.91 Å². The second kappa shape index (κ2) is 8.91. The van der Waals surface area contributed by atoms with Gasteiger partial charge in [0.05, 0.1) is 24.8 Å². The number of fused-ring (bicyclic) bond motifs is 1. The molecule has 2 atom stereocenters. The molecule has 5 heteroatoms. The number of piperidine rings is 1. The minimum Gasteiger partial charge on any atom is -0.348 e. The zero-order valence-electron chi connectivity index (χ0n) is 16.9. The third kappa shape index (κ3) is 4.14. The molecule has 1 fully saturated rings. The molecule has 5 nitrogen and oxygen atoms in total. The number of aromatic nitrogens is 2. The lowest BCUT2D eigenvalue weighted by Crippen LogP contribution is -2.50. The first-order valence-corrected chi connectivity index (χ1v) is 10.9. The van der Waals surface area contributed by atoms with Crippen molar-refractivity contribution < 1.29 is 4.79 Å². The summed E-state index contributed by atoms with van der Waals surface area (Å²) in [6.45, 7) is 5.06. The van der Waals surface area contributed by atoms with Gasteiger partial charge in [0.1, 0.15) is 0 Å². The van der Waals surface area contributed by atoms with Crippen LogP contribution in [0.15, 0.2) is 36.5 Å². The molecule has 28 heavy (non-hydrogen) atoms. The summed E-state index contributed by atoms with van der Waals surface area (Å²) >= 11 is 0. The number of carbonyl (C=O) groups is 1. The van der Waals surface area contributed by atoms with E-state index in [2.05, 4.69) is 51.2 Å². The van der Waals surface area contributed by atoms with Crippen molar-refractivity contribution in [2.45, 2.75) is 70.5 Å². The fraction of sp³-hybridized carbons (Fsp3) is 0.565. The number of nitrogens with zero attached hydrogens (tertiary/aromatic N) is 3. The highest BCUT2D eigenvalue weighted by atomic mass is 16.2. The van der Waals surface area contributed by atoms with E-state index in [9.17, 15) is 4.79 Å². The summed E-state index contributed by atoms with van der Waals surface area (Å²) in [5.74, 6) is 0.210. The molecule has 2 aliphatic rings. The van der Waals surface area contributed by atoms with Crippen LogP contribution in [0.1, 0.15) is 68.3 Å². The van der Waals surface area contributed by atoms with Gasteiger partial charge in [0, 0.05) is 11.3 Å². The Morgan fingerprint density at radius 3 is 2.86 bits per heavy atom. The van der Waals surface area contributed by atoms with Gasteiger partial charge < -0.3 is 5.32 Å². The van der Waals surface area contributed by atoms with Crippen LogP contribution in [-0.4, -0.2) is 39.7 Å². The Balaban J connectivity index is 1.46. The zero-order chi connectivity index (χ0) is 19.3. The van der Waals surface area contributed by atoms with Crippen molar-refractivity contribution in [1.82, 2.24) is 20.0 Å². The summed E-state index contributed by atoms with van der Waals surface area (Å²) in [6, 6.07) is 10.6. The van der Waals surface area contributed by atoms with Crippen LogP contribution in [0.3, 0.4) is 0 Å². The van der Waals surface area contributed by atoms with Crippen molar-refractivity contribution in [3.63, 3.8) is 0 Å². The number of rotatable bonds is 6. The highest BCUT2D eigenvalue weighted by Gasteiger charge is 2.32. The predicted molar refractivity (Wildman–Crippen MR) is 111 cm³/mol. The molecule has 1 amide bonds. The van der Waals surface area contributed by atoms with E-state index in [1.807, 2.05) is 12.3 Å². The molecule has 0 spiro atoms. The van der Waals surface area contributed by atoms with Crippen LogP contribution in [0, 0.1) is 0 Å². The molecule has 2 aromatic rings. The van der Waals surface area contributed by atoms with E-state index in [4.69, 9.17) is 0 Å². The van der Waals surface area contributed by atoms with E-state index < -0.39 is 0 Å². The van der Waals surface area contributed by atoms with E-state index in [1.165, 1.54) is 23.2 Å². The van der Waals surface area contributed by atoms with Gasteiger partial charge >= 0.3 is 0 Å². The number of carbonyl (C=O) groups excluding carboxylic acids is 1. The second-order valence-corrected chi connectivity index (χ2v) is 8.19. The highest BCUT2D eigenvalue weighted by molar-refractivity contribution is 5.82. The largest absolute Gasteiger partial charge is 0.348 e. The van der Waals surface area contributed by atoms with E-state index in [0.29, 0.717) is 0 Å². The summed E-state index contributed by atoms with van der Waals surface area (Å²) in [5.41, 5.74) is 3.76. The Bertz CT molecular complexity index is 783. The van der Waals surface area contributed by atoms with Gasteiger partial charge in [-0.05, 0) is 57.2 Å². The average molecular weight is 381 g/mol. The van der Waals surface area contributed by atoms with Gasteiger partial charge in [-0.15, -0.1) is 0 Å². The number of hydrogen-bond acceptors (Lipinski definition) is 3. The topological polar surface area (TPSA) is 50.2 Å². The Morgan fingerprint density at radius 2 is 2.04 bits per heavy atom. The van der Waals surface area contributed by atoms with Crippen LogP contribution in [0.4, 0.5) is 0 Å². The zero-order valence-corrected chi connectivity index (χ0v) is 16.9. The third-order valence-corrected chi connectivity index (χ3v) is 6.18. The molecule has 1 aromatic heterocycles. The lowest BCUT2D eigenvalue weighted by molar-refractivity contribution is -0.128. The summed E-state index contributed by atoms with van der Waals surface area (Å²) in [5, 5.41) is 8.04. The molecule has 2 unspecified atom stereocenters. The lowest BCUT2D eigenvalue weighted by atomic mass is 9.92. The number of likely N-dealkylation sites (tertiary alicyclic amines) is 1. The SMILES string of the molecule is CCCN1CCCCC1C(=O)NC1CCCc2c1cnn2Cc1ccccc1. The van der Waals surface area contributed by atoms with Crippen molar-refractivity contribution in [1.29, 1.82) is 0 Å². The summed E-state index contributed by atoms with van der Waals surface area (Å²) in [7, 11) is 0. The fourth-order valence-corrected chi connectivity index (χ4v) is 4.77. The van der Waals surface area contributed by atoms with Gasteiger partial charge in [0.15, 0.2) is 0 Å². The van der Waals surface area contributed by atoms with Gasteiger partial charge in [-0.2, -0.15) is 5.10 Å². The van der Waals surface area contributed by atoms with E-state index >= 15 is 0 Å². The second-order valence-electron chi connectivity index (χ2n) is 8.19. The number of nitrogens with one attached hydrogen (secondary N) is 1. The maximum absolute atomic E-state index is 13.1. The first-order chi connectivity index (χ1) is 13.8. The van der Waals surface area contributed by atoms with Crippen molar-refractivity contribution in [3.05, 3.63) is 53.3 Å². The monoisotopic (exact) mass is 380 g/mol. The quantitative estimate of drug-likeness (QED) is 0.831. The highest BCUT2D eigenvalue weighted by Crippen LogP contribution is 2.30. The molecule has 1 aliphatic carbocycles. The normalized spacial score (nSPS) is 22.6. The van der Waals surface area contributed by atoms with Crippen LogP contribution >= 0.6 is 0 Å². The predicted octanol–water partition coefficient (Wildman–Crippen LogP) is 3.69. The standard InChI is InChI=1S/C23H32N4O/c1-2-14-26-15-7-6-12-22(26)23(28)25-20-11-8-13-21-19(20)16-24-27(21)17-18-9-4-3-5-10-18/h3-5,9-10,16,20,22H,2,6-8,11-15,17H2,1H3,(H,25,28). The third-order valence-electron chi connectivity index (χ3n) is 6.18. The Labute approximate surface area is 168 Å². The van der Waals surface area contributed by atoms with Crippen LogP contribution in [0.5, 0.6) is 0 Å². The first kappa shape index (κ1) is 19.2. The molecular weight excluding hydrogens is 348 g/mol. The summed E-state index contributed by atoms with van der Waals surface area (Å²) in [4.78, 5) is 15.5. The van der Waals surface area contributed by atoms with Crippen LogP contribution in [-0.2, 0) is 17.8 Å². The van der Waals surface area contributed by atoms with Gasteiger partial charge in [-0.1, -0.05) is 43.7 Å². The maximum atomic E-state index is 13.1. The Kier molecular flexibility index (Phi) is 6.10. The summed E-state index contributed by atoms with van der Waals surface area (Å²) in [6.07, 6.45) is 9.58. The molecule has 4 rings (SSSR count). The molecular formula is C23H32N4O. The Hall–Kier alpha value is -2.14. The van der Waals surface area contributed by atoms with Gasteiger partial charge in [-0.3, -0.25) is 14.4 Å².